The van der Waals surface area contributed by atoms with Gasteiger partial charge in [-0.2, -0.15) is 0 Å². The predicted octanol–water partition coefficient (Wildman–Crippen LogP) is 3.03. The van der Waals surface area contributed by atoms with Crippen molar-refractivity contribution in [1.29, 1.82) is 0 Å². The Bertz CT molecular complexity index is 1130. The van der Waals surface area contributed by atoms with Crippen LogP contribution in [0.2, 0.25) is 0 Å². The smallest absolute Gasteiger partial charge is 0.230 e. The standard InChI is InChI=1S/C22H22N6OS/c1-16-7-9-18(10-8-16)13-28-21-20(26-27-28)22(25-15-24-21)30-14-19(29)23-12-11-17-5-3-2-4-6-17/h2-10,15H,11-14H2,1H3,(H,23,29). The molecule has 2 aromatic heterocycles. The van der Waals surface area contributed by atoms with E-state index in [9.17, 15) is 4.79 Å². The highest BCUT2D eigenvalue weighted by Crippen LogP contribution is 2.22. The fourth-order valence-corrected chi connectivity index (χ4v) is 3.79. The molecule has 0 saturated carbocycles. The van der Waals surface area contributed by atoms with Crippen LogP contribution in [-0.2, 0) is 17.8 Å². The molecule has 1 amide bonds. The lowest BCUT2D eigenvalue weighted by atomic mass is 10.1. The van der Waals surface area contributed by atoms with Crippen molar-refractivity contribution in [2.45, 2.75) is 24.9 Å². The van der Waals surface area contributed by atoms with Crippen molar-refractivity contribution in [3.05, 3.63) is 77.6 Å². The maximum Gasteiger partial charge on any atom is 0.230 e. The van der Waals surface area contributed by atoms with Gasteiger partial charge in [0, 0.05) is 6.54 Å². The molecule has 0 bridgehead atoms. The predicted molar refractivity (Wildman–Crippen MR) is 117 cm³/mol. The zero-order valence-corrected chi connectivity index (χ0v) is 17.5. The summed E-state index contributed by atoms with van der Waals surface area (Å²) in [4.78, 5) is 20.8. The van der Waals surface area contributed by atoms with E-state index in [0.29, 0.717) is 29.3 Å². The Labute approximate surface area is 178 Å². The Balaban J connectivity index is 1.35. The summed E-state index contributed by atoms with van der Waals surface area (Å²) in [5.74, 6) is 0.237. The second-order valence-corrected chi connectivity index (χ2v) is 7.92. The number of nitrogens with one attached hydrogen (secondary N) is 1. The summed E-state index contributed by atoms with van der Waals surface area (Å²) in [6.45, 7) is 3.25. The molecule has 30 heavy (non-hydrogen) atoms. The fraction of sp³-hybridized carbons (Fsp3) is 0.227. The van der Waals surface area contributed by atoms with Gasteiger partial charge in [-0.05, 0) is 24.5 Å². The third-order valence-corrected chi connectivity index (χ3v) is 5.62. The minimum Gasteiger partial charge on any atom is -0.355 e. The molecule has 1 N–H and O–H groups in total. The van der Waals surface area contributed by atoms with Gasteiger partial charge in [-0.25, -0.2) is 14.6 Å². The highest BCUT2D eigenvalue weighted by Gasteiger charge is 2.14. The summed E-state index contributed by atoms with van der Waals surface area (Å²) in [5.41, 5.74) is 4.82. The second kappa shape index (κ2) is 9.49. The number of amides is 1. The molecule has 152 valence electrons. The number of benzene rings is 2. The molecule has 0 fully saturated rings. The molecule has 0 aliphatic carbocycles. The number of hydrogen-bond acceptors (Lipinski definition) is 6. The molecule has 0 aliphatic rings. The van der Waals surface area contributed by atoms with Crippen molar-refractivity contribution >= 4 is 28.8 Å². The summed E-state index contributed by atoms with van der Waals surface area (Å²) in [6.07, 6.45) is 2.30. The van der Waals surface area contributed by atoms with E-state index in [1.165, 1.54) is 29.2 Å². The van der Waals surface area contributed by atoms with Crippen LogP contribution >= 0.6 is 11.8 Å². The van der Waals surface area contributed by atoms with Crippen LogP contribution < -0.4 is 5.32 Å². The van der Waals surface area contributed by atoms with Gasteiger partial charge in [0.05, 0.1) is 12.3 Å². The molecule has 0 spiro atoms. The van der Waals surface area contributed by atoms with Crippen molar-refractivity contribution in [1.82, 2.24) is 30.3 Å². The van der Waals surface area contributed by atoms with Crippen molar-refractivity contribution in [3.63, 3.8) is 0 Å². The summed E-state index contributed by atoms with van der Waals surface area (Å²) >= 11 is 1.35. The van der Waals surface area contributed by atoms with E-state index in [1.54, 1.807) is 4.68 Å². The topological polar surface area (TPSA) is 85.6 Å². The van der Waals surface area contributed by atoms with Crippen molar-refractivity contribution in [3.8, 4) is 0 Å². The lowest BCUT2D eigenvalue weighted by Gasteiger charge is -2.05. The highest BCUT2D eigenvalue weighted by atomic mass is 32.2. The summed E-state index contributed by atoms with van der Waals surface area (Å²) in [6, 6.07) is 18.4. The summed E-state index contributed by atoms with van der Waals surface area (Å²) in [5, 5.41) is 12.1. The first kappa shape index (κ1) is 20.0. The Morgan fingerprint density at radius 3 is 2.63 bits per heavy atom. The number of hydrogen-bond donors (Lipinski definition) is 1. The van der Waals surface area contributed by atoms with E-state index in [4.69, 9.17) is 0 Å². The van der Waals surface area contributed by atoms with E-state index in [1.807, 2.05) is 18.2 Å². The van der Waals surface area contributed by atoms with Crippen molar-refractivity contribution < 1.29 is 4.79 Å². The monoisotopic (exact) mass is 418 g/mol. The van der Waals surface area contributed by atoms with E-state index in [-0.39, 0.29) is 11.7 Å². The van der Waals surface area contributed by atoms with E-state index in [0.717, 1.165) is 12.0 Å². The van der Waals surface area contributed by atoms with E-state index < -0.39 is 0 Å². The zero-order valence-electron chi connectivity index (χ0n) is 16.7. The maximum atomic E-state index is 12.2. The first-order valence-corrected chi connectivity index (χ1v) is 10.7. The molecule has 0 radical (unpaired) electrons. The normalized spacial score (nSPS) is 11.0. The second-order valence-electron chi connectivity index (χ2n) is 6.96. The Kier molecular flexibility index (Phi) is 6.34. The quantitative estimate of drug-likeness (QED) is 0.350. The van der Waals surface area contributed by atoms with Crippen LogP contribution in [0.4, 0.5) is 0 Å². The number of thioether (sulfide) groups is 1. The SMILES string of the molecule is Cc1ccc(Cn2nnc3c(SCC(=O)NCCc4ccccc4)ncnc32)cc1. The van der Waals surface area contributed by atoms with Gasteiger partial charge >= 0.3 is 0 Å². The third kappa shape index (κ3) is 5.01. The van der Waals surface area contributed by atoms with Crippen LogP contribution in [0.1, 0.15) is 16.7 Å². The van der Waals surface area contributed by atoms with Gasteiger partial charge in [-0.15, -0.1) is 5.10 Å². The number of carbonyl (C=O) groups excluding carboxylic acids is 1. The third-order valence-electron chi connectivity index (χ3n) is 4.64. The molecule has 2 heterocycles. The van der Waals surface area contributed by atoms with Gasteiger partial charge in [0.25, 0.3) is 0 Å². The van der Waals surface area contributed by atoms with Crippen LogP contribution in [0, 0.1) is 6.92 Å². The number of rotatable bonds is 8. The Morgan fingerprint density at radius 2 is 1.83 bits per heavy atom. The lowest BCUT2D eigenvalue weighted by Crippen LogP contribution is -2.27. The molecular formula is C22H22N6OS. The number of aromatic nitrogens is 5. The van der Waals surface area contributed by atoms with E-state index >= 15 is 0 Å². The molecule has 0 aliphatic heterocycles. The molecule has 0 unspecified atom stereocenters. The Hall–Kier alpha value is -3.26. The number of nitrogens with zero attached hydrogens (tertiary/aromatic N) is 5. The number of aryl methyl sites for hydroxylation is 1. The van der Waals surface area contributed by atoms with Crippen molar-refractivity contribution in [2.75, 3.05) is 12.3 Å². The van der Waals surface area contributed by atoms with Crippen LogP contribution in [0.3, 0.4) is 0 Å². The van der Waals surface area contributed by atoms with Crippen LogP contribution in [0.25, 0.3) is 11.2 Å². The van der Waals surface area contributed by atoms with Crippen LogP contribution in [-0.4, -0.2) is 43.2 Å². The maximum absolute atomic E-state index is 12.2. The minimum absolute atomic E-state index is 0.0326. The largest absolute Gasteiger partial charge is 0.355 e. The molecular weight excluding hydrogens is 396 g/mol. The van der Waals surface area contributed by atoms with Gasteiger partial charge in [0.15, 0.2) is 11.2 Å². The first-order valence-electron chi connectivity index (χ1n) is 9.72. The molecule has 2 aromatic carbocycles. The Morgan fingerprint density at radius 1 is 1.03 bits per heavy atom. The summed E-state index contributed by atoms with van der Waals surface area (Å²) in [7, 11) is 0. The molecule has 7 nitrogen and oxygen atoms in total. The number of fused-ring (bicyclic) bond motifs is 1. The summed E-state index contributed by atoms with van der Waals surface area (Å²) < 4.78 is 1.76. The first-order chi connectivity index (χ1) is 14.7. The highest BCUT2D eigenvalue weighted by molar-refractivity contribution is 8.00. The van der Waals surface area contributed by atoms with Gasteiger partial charge in [0.1, 0.15) is 11.4 Å². The van der Waals surface area contributed by atoms with Crippen LogP contribution in [0.5, 0.6) is 0 Å². The zero-order chi connectivity index (χ0) is 20.8. The number of carbonyl (C=O) groups is 1. The van der Waals surface area contributed by atoms with Gasteiger partial charge in [0.2, 0.25) is 5.91 Å². The van der Waals surface area contributed by atoms with Gasteiger partial charge in [-0.3, -0.25) is 4.79 Å². The minimum atomic E-state index is -0.0326. The van der Waals surface area contributed by atoms with Crippen LogP contribution in [0.15, 0.2) is 66.0 Å². The van der Waals surface area contributed by atoms with E-state index in [2.05, 4.69) is 68.9 Å². The average molecular weight is 419 g/mol. The van der Waals surface area contributed by atoms with Crippen molar-refractivity contribution in [2.24, 2.45) is 0 Å². The fourth-order valence-electron chi connectivity index (χ4n) is 3.03. The average Bonchev–Trinajstić information content (AvgIpc) is 3.18. The molecule has 0 saturated heterocycles. The lowest BCUT2D eigenvalue weighted by molar-refractivity contribution is -0.118. The molecule has 4 aromatic rings. The van der Waals surface area contributed by atoms with Gasteiger partial charge in [-0.1, -0.05) is 77.1 Å². The molecule has 8 heteroatoms. The van der Waals surface area contributed by atoms with Gasteiger partial charge < -0.3 is 5.32 Å². The molecule has 0 atom stereocenters. The molecule has 4 rings (SSSR count).